The first-order valence-corrected chi connectivity index (χ1v) is 10.6. The third-order valence-corrected chi connectivity index (χ3v) is 5.84. The quantitative estimate of drug-likeness (QED) is 0.269. The molecule has 1 N–H and O–H groups in total. The van der Waals surface area contributed by atoms with Gasteiger partial charge in [0.25, 0.3) is 0 Å². The van der Waals surface area contributed by atoms with Crippen LogP contribution in [0.5, 0.6) is 5.75 Å². The highest BCUT2D eigenvalue weighted by Crippen LogP contribution is 2.38. The Balaban J connectivity index is 1.75. The number of nitrogens with zero attached hydrogens (tertiary/aromatic N) is 2. The van der Waals surface area contributed by atoms with Gasteiger partial charge in [-0.15, -0.1) is 0 Å². The Hall–Kier alpha value is -3.51. The van der Waals surface area contributed by atoms with Crippen molar-refractivity contribution in [1.29, 1.82) is 0 Å². The van der Waals surface area contributed by atoms with Gasteiger partial charge in [-0.05, 0) is 59.5 Å². The van der Waals surface area contributed by atoms with Crippen LogP contribution in [0.2, 0.25) is 0 Å². The second-order valence-electron chi connectivity index (χ2n) is 7.81. The molecule has 0 radical (unpaired) electrons. The summed E-state index contributed by atoms with van der Waals surface area (Å²) in [5, 5.41) is 18.7. The second-order valence-corrected chi connectivity index (χ2v) is 7.81. The lowest BCUT2D eigenvalue weighted by Gasteiger charge is -2.23. The van der Waals surface area contributed by atoms with E-state index in [1.165, 1.54) is 21.7 Å². The number of ether oxygens (including phenoxy) is 1. The van der Waals surface area contributed by atoms with Crippen molar-refractivity contribution >= 4 is 27.4 Å². The van der Waals surface area contributed by atoms with E-state index in [1.807, 2.05) is 19.1 Å². The minimum absolute atomic E-state index is 0.0242. The number of nitro groups is 1. The number of aromatic nitrogens is 1. The van der Waals surface area contributed by atoms with Crippen LogP contribution in [0.3, 0.4) is 0 Å². The fourth-order valence-corrected chi connectivity index (χ4v) is 4.43. The SMILES string of the molecule is CCCOc1ccc(-c2nc3ccc4ccccc4c3c3c2CNCC3)cc1[N+](=O)[O-]. The fourth-order valence-electron chi connectivity index (χ4n) is 4.43. The summed E-state index contributed by atoms with van der Waals surface area (Å²) in [5.41, 5.74) is 4.84. The number of nitro benzene ring substituents is 1. The van der Waals surface area contributed by atoms with E-state index in [-0.39, 0.29) is 10.6 Å². The van der Waals surface area contributed by atoms with Crippen molar-refractivity contribution in [2.45, 2.75) is 26.3 Å². The molecule has 6 nitrogen and oxygen atoms in total. The molecule has 0 fully saturated rings. The Morgan fingerprint density at radius 2 is 2.00 bits per heavy atom. The average Bonchev–Trinajstić information content (AvgIpc) is 2.81. The standard InChI is InChI=1S/C25H23N3O3/c1-2-13-31-23-10-8-17(14-22(23)28(29)30)25-20-15-26-12-11-19(20)24-18-6-4-3-5-16(18)7-9-21(24)27-25/h3-10,14,26H,2,11-13,15H2,1H3. The van der Waals surface area contributed by atoms with Crippen LogP contribution in [0.1, 0.15) is 24.5 Å². The Morgan fingerprint density at radius 3 is 2.84 bits per heavy atom. The smallest absolute Gasteiger partial charge is 0.311 e. The van der Waals surface area contributed by atoms with E-state index in [0.29, 0.717) is 18.9 Å². The Kier molecular flexibility index (Phi) is 5.00. The van der Waals surface area contributed by atoms with Crippen molar-refractivity contribution < 1.29 is 9.66 Å². The molecule has 156 valence electrons. The molecule has 0 aliphatic carbocycles. The maximum atomic E-state index is 11.7. The van der Waals surface area contributed by atoms with Crippen molar-refractivity contribution in [3.05, 3.63) is 75.8 Å². The number of rotatable bonds is 5. The molecule has 0 amide bonds. The minimum Gasteiger partial charge on any atom is -0.487 e. The van der Waals surface area contributed by atoms with Gasteiger partial charge in [-0.2, -0.15) is 0 Å². The van der Waals surface area contributed by atoms with Gasteiger partial charge in [0.2, 0.25) is 0 Å². The van der Waals surface area contributed by atoms with E-state index in [4.69, 9.17) is 9.72 Å². The van der Waals surface area contributed by atoms with Crippen molar-refractivity contribution in [3.63, 3.8) is 0 Å². The molecule has 4 aromatic rings. The maximum Gasteiger partial charge on any atom is 0.311 e. The zero-order valence-corrected chi connectivity index (χ0v) is 17.4. The van der Waals surface area contributed by atoms with Gasteiger partial charge < -0.3 is 10.1 Å². The van der Waals surface area contributed by atoms with E-state index >= 15 is 0 Å². The molecule has 0 unspecified atom stereocenters. The average molecular weight is 413 g/mol. The topological polar surface area (TPSA) is 77.3 Å². The summed E-state index contributed by atoms with van der Waals surface area (Å²) in [7, 11) is 0. The molecule has 0 saturated carbocycles. The predicted molar refractivity (Wildman–Crippen MR) is 123 cm³/mol. The molecule has 0 spiro atoms. The van der Waals surface area contributed by atoms with E-state index in [1.54, 1.807) is 12.1 Å². The zero-order chi connectivity index (χ0) is 21.4. The number of benzene rings is 3. The Bertz CT molecular complexity index is 1320. The Morgan fingerprint density at radius 1 is 1.13 bits per heavy atom. The number of fused-ring (bicyclic) bond motifs is 5. The van der Waals surface area contributed by atoms with Gasteiger partial charge in [0, 0.05) is 23.6 Å². The van der Waals surface area contributed by atoms with Gasteiger partial charge in [0.05, 0.1) is 22.7 Å². The molecule has 1 aromatic heterocycles. The highest BCUT2D eigenvalue weighted by atomic mass is 16.6. The van der Waals surface area contributed by atoms with Crippen LogP contribution >= 0.6 is 0 Å². The summed E-state index contributed by atoms with van der Waals surface area (Å²) >= 11 is 0. The lowest BCUT2D eigenvalue weighted by molar-refractivity contribution is -0.385. The van der Waals surface area contributed by atoms with Gasteiger partial charge >= 0.3 is 5.69 Å². The van der Waals surface area contributed by atoms with Crippen LogP contribution in [0.15, 0.2) is 54.6 Å². The highest BCUT2D eigenvalue weighted by Gasteiger charge is 2.23. The van der Waals surface area contributed by atoms with Crippen LogP contribution in [0.4, 0.5) is 5.69 Å². The van der Waals surface area contributed by atoms with Gasteiger partial charge in [0.1, 0.15) is 0 Å². The summed E-state index contributed by atoms with van der Waals surface area (Å²) in [4.78, 5) is 16.3. The van der Waals surface area contributed by atoms with Crippen LogP contribution in [0.25, 0.3) is 32.9 Å². The number of hydrogen-bond donors (Lipinski definition) is 1. The molecule has 3 aromatic carbocycles. The minimum atomic E-state index is -0.381. The fraction of sp³-hybridized carbons (Fsp3) is 0.240. The van der Waals surface area contributed by atoms with Crippen molar-refractivity contribution in [1.82, 2.24) is 10.3 Å². The number of nitrogens with one attached hydrogen (secondary N) is 1. The Labute approximate surface area is 180 Å². The number of pyridine rings is 1. The molecule has 1 aliphatic heterocycles. The van der Waals surface area contributed by atoms with Crippen LogP contribution in [0, 0.1) is 10.1 Å². The van der Waals surface area contributed by atoms with Gasteiger partial charge in [0.15, 0.2) is 5.75 Å². The van der Waals surface area contributed by atoms with Crippen molar-refractivity contribution in [2.24, 2.45) is 0 Å². The van der Waals surface area contributed by atoms with Crippen LogP contribution in [-0.4, -0.2) is 23.1 Å². The van der Waals surface area contributed by atoms with E-state index in [0.717, 1.165) is 41.7 Å². The molecule has 31 heavy (non-hydrogen) atoms. The van der Waals surface area contributed by atoms with Gasteiger partial charge in [-0.1, -0.05) is 37.3 Å². The molecular formula is C25H23N3O3. The normalized spacial score (nSPS) is 13.3. The second kappa shape index (κ2) is 7.96. The third-order valence-electron chi connectivity index (χ3n) is 5.84. The molecule has 2 heterocycles. The summed E-state index contributed by atoms with van der Waals surface area (Å²) in [6.45, 7) is 4.01. The van der Waals surface area contributed by atoms with E-state index < -0.39 is 0 Å². The first kappa shape index (κ1) is 19.5. The summed E-state index contributed by atoms with van der Waals surface area (Å²) in [5.74, 6) is 0.300. The monoisotopic (exact) mass is 413 g/mol. The lowest BCUT2D eigenvalue weighted by Crippen LogP contribution is -2.25. The molecule has 5 rings (SSSR count). The van der Waals surface area contributed by atoms with Gasteiger partial charge in [-0.25, -0.2) is 4.98 Å². The molecule has 0 atom stereocenters. The molecular weight excluding hydrogens is 390 g/mol. The first-order chi connectivity index (χ1) is 15.2. The van der Waals surface area contributed by atoms with Crippen molar-refractivity contribution in [3.8, 4) is 17.0 Å². The summed E-state index contributed by atoms with van der Waals surface area (Å²) in [6.07, 6.45) is 1.69. The van der Waals surface area contributed by atoms with Crippen LogP contribution in [-0.2, 0) is 13.0 Å². The molecule has 0 saturated heterocycles. The highest BCUT2D eigenvalue weighted by molar-refractivity contribution is 6.09. The lowest BCUT2D eigenvalue weighted by atomic mass is 9.90. The van der Waals surface area contributed by atoms with E-state index in [9.17, 15) is 10.1 Å². The van der Waals surface area contributed by atoms with Crippen molar-refractivity contribution in [2.75, 3.05) is 13.2 Å². The predicted octanol–water partition coefficient (Wildman–Crippen LogP) is 5.40. The molecule has 0 bridgehead atoms. The van der Waals surface area contributed by atoms with Crippen LogP contribution < -0.4 is 10.1 Å². The molecule has 1 aliphatic rings. The zero-order valence-electron chi connectivity index (χ0n) is 17.4. The maximum absolute atomic E-state index is 11.7. The van der Waals surface area contributed by atoms with Gasteiger partial charge in [-0.3, -0.25) is 10.1 Å². The summed E-state index contributed by atoms with van der Waals surface area (Å²) in [6, 6.07) is 17.7. The largest absolute Gasteiger partial charge is 0.487 e. The van der Waals surface area contributed by atoms with E-state index in [2.05, 4.69) is 35.6 Å². The summed E-state index contributed by atoms with van der Waals surface area (Å²) < 4.78 is 5.60. The number of hydrogen-bond acceptors (Lipinski definition) is 5. The third kappa shape index (κ3) is 3.39. The first-order valence-electron chi connectivity index (χ1n) is 10.6. The molecule has 6 heteroatoms.